The van der Waals surface area contributed by atoms with Gasteiger partial charge in [-0.25, -0.2) is 0 Å². The number of amides is 1. The molecule has 1 aromatic rings. The van der Waals surface area contributed by atoms with Crippen LogP contribution in [0.3, 0.4) is 0 Å². The molecule has 0 radical (unpaired) electrons. The first-order valence-corrected chi connectivity index (χ1v) is 6.64. The largest absolute Gasteiger partial charge is 0.493 e. The molecule has 1 aromatic carbocycles. The predicted octanol–water partition coefficient (Wildman–Crippen LogP) is 2.85. The Morgan fingerprint density at radius 3 is 2.37 bits per heavy atom. The molecular weight excluding hydrogens is 242 g/mol. The van der Waals surface area contributed by atoms with E-state index in [2.05, 4.69) is 0 Å². The normalized spacial score (nSPS) is 10.1. The van der Waals surface area contributed by atoms with Crippen LogP contribution in [-0.2, 0) is 11.3 Å². The minimum Gasteiger partial charge on any atom is -0.493 e. The molecule has 0 N–H and O–H groups in total. The first-order chi connectivity index (χ1) is 9.15. The Balaban J connectivity index is 2.82. The van der Waals surface area contributed by atoms with Crippen LogP contribution in [0.1, 0.15) is 32.3 Å². The maximum Gasteiger partial charge on any atom is 0.222 e. The van der Waals surface area contributed by atoms with E-state index in [0.29, 0.717) is 31.0 Å². The van der Waals surface area contributed by atoms with Crippen molar-refractivity contribution >= 4 is 5.91 Å². The quantitative estimate of drug-likeness (QED) is 0.761. The molecule has 0 aliphatic rings. The van der Waals surface area contributed by atoms with E-state index < -0.39 is 0 Å². The Morgan fingerprint density at radius 1 is 1.16 bits per heavy atom. The fraction of sp³-hybridized carbons (Fsp3) is 0.533. The zero-order valence-electron chi connectivity index (χ0n) is 12.2. The van der Waals surface area contributed by atoms with Gasteiger partial charge in [0.2, 0.25) is 5.91 Å². The summed E-state index contributed by atoms with van der Waals surface area (Å²) in [6, 6.07) is 5.75. The summed E-state index contributed by atoms with van der Waals surface area (Å²) in [4.78, 5) is 13.8. The van der Waals surface area contributed by atoms with Crippen molar-refractivity contribution in [2.75, 3.05) is 20.8 Å². The number of hydrogen-bond acceptors (Lipinski definition) is 3. The van der Waals surface area contributed by atoms with Gasteiger partial charge in [0.05, 0.1) is 14.2 Å². The smallest absolute Gasteiger partial charge is 0.222 e. The van der Waals surface area contributed by atoms with Crippen molar-refractivity contribution in [3.05, 3.63) is 23.8 Å². The summed E-state index contributed by atoms with van der Waals surface area (Å²) in [5.74, 6) is 1.59. The molecule has 1 rings (SSSR count). The fourth-order valence-electron chi connectivity index (χ4n) is 1.95. The van der Waals surface area contributed by atoms with E-state index in [9.17, 15) is 4.79 Å². The van der Waals surface area contributed by atoms with Gasteiger partial charge in [0, 0.05) is 19.5 Å². The number of methoxy groups -OCH3 is 2. The molecule has 0 saturated carbocycles. The summed E-state index contributed by atoms with van der Waals surface area (Å²) >= 11 is 0. The van der Waals surface area contributed by atoms with Gasteiger partial charge in [0.15, 0.2) is 11.5 Å². The van der Waals surface area contributed by atoms with Crippen LogP contribution in [0.25, 0.3) is 0 Å². The van der Waals surface area contributed by atoms with Crippen LogP contribution in [-0.4, -0.2) is 31.6 Å². The maximum atomic E-state index is 11.9. The van der Waals surface area contributed by atoms with Crippen molar-refractivity contribution in [2.45, 2.75) is 33.2 Å². The number of nitrogens with zero attached hydrogens (tertiary/aromatic N) is 1. The Hall–Kier alpha value is -1.71. The van der Waals surface area contributed by atoms with Crippen LogP contribution in [0.15, 0.2) is 18.2 Å². The first kappa shape index (κ1) is 15.3. The highest BCUT2D eigenvalue weighted by Crippen LogP contribution is 2.28. The van der Waals surface area contributed by atoms with Gasteiger partial charge in [0.1, 0.15) is 0 Å². The van der Waals surface area contributed by atoms with Crippen LogP contribution < -0.4 is 9.47 Å². The van der Waals surface area contributed by atoms with E-state index >= 15 is 0 Å². The molecule has 106 valence electrons. The number of rotatable bonds is 7. The van der Waals surface area contributed by atoms with E-state index in [1.165, 1.54) is 0 Å². The van der Waals surface area contributed by atoms with Gasteiger partial charge in [-0.15, -0.1) is 0 Å². The summed E-state index contributed by atoms with van der Waals surface area (Å²) in [7, 11) is 3.22. The van der Waals surface area contributed by atoms with Crippen molar-refractivity contribution in [1.29, 1.82) is 0 Å². The molecular formula is C15H23NO3. The monoisotopic (exact) mass is 265 g/mol. The lowest BCUT2D eigenvalue weighted by atomic mass is 10.1. The molecule has 0 atom stereocenters. The second-order valence-corrected chi connectivity index (χ2v) is 4.35. The summed E-state index contributed by atoms with van der Waals surface area (Å²) < 4.78 is 10.5. The Morgan fingerprint density at radius 2 is 1.84 bits per heavy atom. The highest BCUT2D eigenvalue weighted by atomic mass is 16.5. The highest BCUT2D eigenvalue weighted by Gasteiger charge is 2.12. The number of carbonyl (C=O) groups excluding carboxylic acids is 1. The zero-order valence-corrected chi connectivity index (χ0v) is 12.2. The average molecular weight is 265 g/mol. The molecule has 0 saturated heterocycles. The predicted molar refractivity (Wildman–Crippen MR) is 75.5 cm³/mol. The summed E-state index contributed by atoms with van der Waals surface area (Å²) in [6.45, 7) is 5.33. The zero-order chi connectivity index (χ0) is 14.3. The summed E-state index contributed by atoms with van der Waals surface area (Å²) in [5, 5.41) is 0. The second-order valence-electron chi connectivity index (χ2n) is 4.35. The average Bonchev–Trinajstić information content (AvgIpc) is 2.44. The molecule has 19 heavy (non-hydrogen) atoms. The third-order valence-electron chi connectivity index (χ3n) is 3.02. The van der Waals surface area contributed by atoms with Crippen molar-refractivity contribution in [1.82, 2.24) is 4.90 Å². The van der Waals surface area contributed by atoms with Crippen molar-refractivity contribution in [3.63, 3.8) is 0 Å². The van der Waals surface area contributed by atoms with Crippen LogP contribution in [0.5, 0.6) is 11.5 Å². The lowest BCUT2D eigenvalue weighted by Crippen LogP contribution is -2.29. The molecule has 0 aliphatic heterocycles. The highest BCUT2D eigenvalue weighted by molar-refractivity contribution is 5.76. The summed E-state index contributed by atoms with van der Waals surface area (Å²) in [6.07, 6.45) is 1.47. The Kier molecular flexibility index (Phi) is 6.19. The lowest BCUT2D eigenvalue weighted by molar-refractivity contribution is -0.131. The van der Waals surface area contributed by atoms with Gasteiger partial charge in [0.25, 0.3) is 0 Å². The van der Waals surface area contributed by atoms with Gasteiger partial charge in [-0.1, -0.05) is 13.0 Å². The van der Waals surface area contributed by atoms with Crippen LogP contribution in [0.4, 0.5) is 0 Å². The number of carbonyl (C=O) groups is 1. The number of hydrogen-bond donors (Lipinski definition) is 0. The van der Waals surface area contributed by atoms with E-state index in [1.54, 1.807) is 14.2 Å². The lowest BCUT2D eigenvalue weighted by Gasteiger charge is -2.21. The van der Waals surface area contributed by atoms with Gasteiger partial charge < -0.3 is 14.4 Å². The molecule has 0 aliphatic carbocycles. The standard InChI is InChI=1S/C15H23NO3/c1-5-7-15(17)16(6-2)11-12-8-9-13(18-3)14(10-12)19-4/h8-10H,5-7,11H2,1-4H3. The molecule has 0 fully saturated rings. The van der Waals surface area contributed by atoms with Crippen molar-refractivity contribution in [3.8, 4) is 11.5 Å². The third-order valence-corrected chi connectivity index (χ3v) is 3.02. The third kappa shape index (κ3) is 4.16. The number of ether oxygens (including phenoxy) is 2. The topological polar surface area (TPSA) is 38.8 Å². The minimum atomic E-state index is 0.194. The van der Waals surface area contributed by atoms with E-state index in [1.807, 2.05) is 36.9 Å². The van der Waals surface area contributed by atoms with E-state index in [4.69, 9.17) is 9.47 Å². The molecule has 1 amide bonds. The summed E-state index contributed by atoms with van der Waals surface area (Å²) in [5.41, 5.74) is 1.05. The molecule has 4 nitrogen and oxygen atoms in total. The second kappa shape index (κ2) is 7.67. The van der Waals surface area contributed by atoms with E-state index in [0.717, 1.165) is 12.0 Å². The van der Waals surface area contributed by atoms with Gasteiger partial charge in [-0.3, -0.25) is 4.79 Å². The number of benzene rings is 1. The molecule has 0 bridgehead atoms. The van der Waals surface area contributed by atoms with Crippen molar-refractivity contribution in [2.24, 2.45) is 0 Å². The van der Waals surface area contributed by atoms with Gasteiger partial charge in [-0.2, -0.15) is 0 Å². The van der Waals surface area contributed by atoms with E-state index in [-0.39, 0.29) is 5.91 Å². The SMILES string of the molecule is CCCC(=O)N(CC)Cc1ccc(OC)c(OC)c1. The minimum absolute atomic E-state index is 0.194. The molecule has 0 spiro atoms. The Bertz CT molecular complexity index is 418. The van der Waals surface area contributed by atoms with Crippen LogP contribution in [0, 0.1) is 0 Å². The Labute approximate surface area is 115 Å². The molecule has 0 heterocycles. The first-order valence-electron chi connectivity index (χ1n) is 6.64. The van der Waals surface area contributed by atoms with Crippen LogP contribution in [0.2, 0.25) is 0 Å². The molecule has 0 aromatic heterocycles. The molecule has 4 heteroatoms. The maximum absolute atomic E-state index is 11.9. The van der Waals surface area contributed by atoms with Crippen molar-refractivity contribution < 1.29 is 14.3 Å². The fourth-order valence-corrected chi connectivity index (χ4v) is 1.95. The van der Waals surface area contributed by atoms with Crippen LogP contribution >= 0.6 is 0 Å². The van der Waals surface area contributed by atoms with Gasteiger partial charge >= 0.3 is 0 Å². The van der Waals surface area contributed by atoms with Gasteiger partial charge in [-0.05, 0) is 31.0 Å². The molecule has 0 unspecified atom stereocenters.